The van der Waals surface area contributed by atoms with Gasteiger partial charge in [-0.2, -0.15) is 0 Å². The number of nitrogens with one attached hydrogen (secondary N) is 1. The van der Waals surface area contributed by atoms with Crippen LogP contribution in [0.15, 0.2) is 78.9 Å². The topological polar surface area (TPSA) is 49.4 Å². The van der Waals surface area contributed by atoms with E-state index in [0.717, 1.165) is 22.3 Å². The average Bonchev–Trinajstić information content (AvgIpc) is 2.86. The first-order valence-electron chi connectivity index (χ1n) is 12.6. The van der Waals surface area contributed by atoms with E-state index >= 15 is 0 Å². The number of carbonyl (C=O) groups excluding carboxylic acids is 2. The second-order valence-electron chi connectivity index (χ2n) is 9.44. The molecule has 1 N–H and O–H groups in total. The number of aryl methyl sites for hydroxylation is 2. The zero-order chi connectivity index (χ0) is 25.2. The number of rotatable bonds is 11. The summed E-state index contributed by atoms with van der Waals surface area (Å²) in [7, 11) is 0. The summed E-state index contributed by atoms with van der Waals surface area (Å²) in [5.41, 5.74) is 5.64. The first-order valence-corrected chi connectivity index (χ1v) is 12.6. The Hall–Kier alpha value is -3.40. The lowest BCUT2D eigenvalue weighted by Crippen LogP contribution is -2.50. The molecule has 0 aromatic heterocycles. The zero-order valence-electron chi connectivity index (χ0n) is 21.5. The molecule has 3 aromatic carbocycles. The molecule has 2 amide bonds. The highest BCUT2D eigenvalue weighted by Gasteiger charge is 2.30. The lowest BCUT2D eigenvalue weighted by Gasteiger charge is -2.32. The van der Waals surface area contributed by atoms with E-state index < -0.39 is 6.04 Å². The van der Waals surface area contributed by atoms with Crippen LogP contribution in [-0.2, 0) is 29.0 Å². The monoisotopic (exact) mass is 470 g/mol. The molecule has 0 aliphatic carbocycles. The summed E-state index contributed by atoms with van der Waals surface area (Å²) in [6, 6.07) is 25.9. The van der Waals surface area contributed by atoms with Gasteiger partial charge in [-0.1, -0.05) is 92.7 Å². The molecule has 1 atom stereocenters. The summed E-state index contributed by atoms with van der Waals surface area (Å²) < 4.78 is 0. The van der Waals surface area contributed by atoms with E-state index in [1.54, 1.807) is 4.90 Å². The number of carbonyl (C=O) groups is 2. The Morgan fingerprint density at radius 2 is 1.51 bits per heavy atom. The molecule has 0 saturated carbocycles. The van der Waals surface area contributed by atoms with Crippen LogP contribution in [0.25, 0.3) is 0 Å². The predicted octanol–water partition coefficient (Wildman–Crippen LogP) is 5.83. The van der Waals surface area contributed by atoms with Crippen LogP contribution in [0, 0.1) is 6.92 Å². The van der Waals surface area contributed by atoms with Crippen LogP contribution in [0.5, 0.6) is 0 Å². The van der Waals surface area contributed by atoms with E-state index in [-0.39, 0.29) is 11.8 Å². The molecule has 3 rings (SSSR count). The van der Waals surface area contributed by atoms with Gasteiger partial charge in [0.25, 0.3) is 0 Å². The fourth-order valence-electron chi connectivity index (χ4n) is 4.28. The molecule has 0 heterocycles. The van der Waals surface area contributed by atoms with Crippen molar-refractivity contribution in [3.05, 3.63) is 107 Å². The molecule has 0 fully saturated rings. The van der Waals surface area contributed by atoms with Crippen LogP contribution in [0.3, 0.4) is 0 Å². The van der Waals surface area contributed by atoms with E-state index in [0.29, 0.717) is 38.3 Å². The third kappa shape index (κ3) is 7.54. The highest BCUT2D eigenvalue weighted by molar-refractivity contribution is 5.88. The third-order valence-corrected chi connectivity index (χ3v) is 6.50. The van der Waals surface area contributed by atoms with Crippen molar-refractivity contribution in [2.45, 2.75) is 65.5 Å². The van der Waals surface area contributed by atoms with Gasteiger partial charge in [-0.05, 0) is 54.0 Å². The smallest absolute Gasteiger partial charge is 0.243 e. The Morgan fingerprint density at radius 3 is 2.14 bits per heavy atom. The van der Waals surface area contributed by atoms with E-state index in [2.05, 4.69) is 43.4 Å². The number of nitrogens with zero attached hydrogens (tertiary/aromatic N) is 1. The van der Waals surface area contributed by atoms with E-state index in [1.807, 2.05) is 68.4 Å². The molecule has 0 aliphatic heterocycles. The maximum absolute atomic E-state index is 13.7. The normalized spacial score (nSPS) is 11.8. The first-order chi connectivity index (χ1) is 16.9. The van der Waals surface area contributed by atoms with E-state index in [9.17, 15) is 9.59 Å². The summed E-state index contributed by atoms with van der Waals surface area (Å²) in [6.45, 7) is 9.25. The van der Waals surface area contributed by atoms with Crippen molar-refractivity contribution in [3.63, 3.8) is 0 Å². The predicted molar refractivity (Wildman–Crippen MR) is 143 cm³/mol. The molecule has 0 unspecified atom stereocenters. The summed E-state index contributed by atoms with van der Waals surface area (Å²) in [4.78, 5) is 28.7. The van der Waals surface area contributed by atoms with E-state index in [1.165, 1.54) is 5.56 Å². The van der Waals surface area contributed by atoms with Crippen LogP contribution in [0.4, 0.5) is 0 Å². The van der Waals surface area contributed by atoms with Gasteiger partial charge in [0.05, 0.1) is 0 Å². The minimum absolute atomic E-state index is 0.00614. The second-order valence-corrected chi connectivity index (χ2v) is 9.44. The summed E-state index contributed by atoms with van der Waals surface area (Å²) >= 11 is 0. The molecule has 0 bridgehead atoms. The molecule has 4 nitrogen and oxygen atoms in total. The Kier molecular flexibility index (Phi) is 9.66. The van der Waals surface area contributed by atoms with Crippen molar-refractivity contribution in [3.8, 4) is 0 Å². The van der Waals surface area contributed by atoms with Crippen molar-refractivity contribution in [1.82, 2.24) is 10.2 Å². The van der Waals surface area contributed by atoms with Crippen LogP contribution >= 0.6 is 0 Å². The molecule has 4 heteroatoms. The zero-order valence-corrected chi connectivity index (χ0v) is 21.5. The van der Waals surface area contributed by atoms with E-state index in [4.69, 9.17) is 0 Å². The fraction of sp³-hybridized carbons (Fsp3) is 0.355. The quantitative estimate of drug-likeness (QED) is 0.383. The lowest BCUT2D eigenvalue weighted by atomic mass is 9.99. The SMILES string of the molecule is CCNC(=O)[C@@H](Cc1ccccc1)N(Cc1ccccc1C)C(=O)CCc1ccc(C(C)C)cc1. The highest BCUT2D eigenvalue weighted by atomic mass is 16.2. The first kappa shape index (κ1) is 26.2. The molecule has 0 saturated heterocycles. The minimum atomic E-state index is -0.576. The summed E-state index contributed by atoms with van der Waals surface area (Å²) in [6.07, 6.45) is 1.49. The van der Waals surface area contributed by atoms with Gasteiger partial charge in [0.1, 0.15) is 6.04 Å². The van der Waals surface area contributed by atoms with Gasteiger partial charge in [0.2, 0.25) is 11.8 Å². The Morgan fingerprint density at radius 1 is 0.857 bits per heavy atom. The van der Waals surface area contributed by atoms with Crippen LogP contribution in [0.2, 0.25) is 0 Å². The fourth-order valence-corrected chi connectivity index (χ4v) is 4.28. The summed E-state index contributed by atoms with van der Waals surface area (Å²) in [5, 5.41) is 2.96. The number of amides is 2. The molecule has 35 heavy (non-hydrogen) atoms. The maximum atomic E-state index is 13.7. The molecular weight excluding hydrogens is 432 g/mol. The van der Waals surface area contributed by atoms with Crippen LogP contribution in [0.1, 0.15) is 60.9 Å². The third-order valence-electron chi connectivity index (χ3n) is 6.50. The van der Waals surface area contributed by atoms with Crippen molar-refractivity contribution in [2.75, 3.05) is 6.54 Å². The van der Waals surface area contributed by atoms with Crippen molar-refractivity contribution in [1.29, 1.82) is 0 Å². The standard InChI is InChI=1S/C31H38N2O2/c1-5-32-31(35)29(21-26-12-7-6-8-13-26)33(22-28-14-10-9-11-24(28)4)30(34)20-17-25-15-18-27(19-16-25)23(2)3/h6-16,18-19,23,29H,5,17,20-22H2,1-4H3,(H,32,35)/t29-/m1/s1. The molecule has 3 aromatic rings. The van der Waals surface area contributed by atoms with Gasteiger partial charge in [-0.3, -0.25) is 9.59 Å². The van der Waals surface area contributed by atoms with Gasteiger partial charge in [-0.15, -0.1) is 0 Å². The number of hydrogen-bond donors (Lipinski definition) is 1. The maximum Gasteiger partial charge on any atom is 0.243 e. The molecular formula is C31H38N2O2. The van der Waals surface area contributed by atoms with Gasteiger partial charge in [-0.25, -0.2) is 0 Å². The van der Waals surface area contributed by atoms with Gasteiger partial charge in [0, 0.05) is 25.9 Å². The van der Waals surface area contributed by atoms with Crippen molar-refractivity contribution < 1.29 is 9.59 Å². The van der Waals surface area contributed by atoms with Gasteiger partial charge in [0.15, 0.2) is 0 Å². The molecule has 184 valence electrons. The average molecular weight is 471 g/mol. The van der Waals surface area contributed by atoms with Crippen molar-refractivity contribution >= 4 is 11.8 Å². The Balaban J connectivity index is 1.87. The molecule has 0 aliphatic rings. The lowest BCUT2D eigenvalue weighted by molar-refractivity contribution is -0.141. The summed E-state index contributed by atoms with van der Waals surface area (Å²) in [5.74, 6) is 0.360. The molecule has 0 radical (unpaired) electrons. The van der Waals surface area contributed by atoms with Crippen LogP contribution in [-0.4, -0.2) is 29.3 Å². The van der Waals surface area contributed by atoms with Crippen LogP contribution < -0.4 is 5.32 Å². The number of likely N-dealkylation sites (N-methyl/N-ethyl adjacent to an activating group) is 1. The van der Waals surface area contributed by atoms with Gasteiger partial charge < -0.3 is 10.2 Å². The Labute approximate surface area is 210 Å². The highest BCUT2D eigenvalue weighted by Crippen LogP contribution is 2.20. The molecule has 0 spiro atoms. The van der Waals surface area contributed by atoms with Gasteiger partial charge >= 0.3 is 0 Å². The number of hydrogen-bond acceptors (Lipinski definition) is 2. The van der Waals surface area contributed by atoms with Crippen molar-refractivity contribution in [2.24, 2.45) is 0 Å². The number of benzene rings is 3. The largest absolute Gasteiger partial charge is 0.355 e. The second kappa shape index (κ2) is 12.9. The Bertz CT molecular complexity index is 1090. The minimum Gasteiger partial charge on any atom is -0.355 e.